The molecule has 0 radical (unpaired) electrons. The predicted octanol–water partition coefficient (Wildman–Crippen LogP) is 1.14. The Bertz CT molecular complexity index is 321. The van der Waals surface area contributed by atoms with Gasteiger partial charge in [0.25, 0.3) is 5.91 Å². The Kier molecular flexibility index (Phi) is 5.72. The summed E-state index contributed by atoms with van der Waals surface area (Å²) in [6.07, 6.45) is 1.48. The molecule has 0 aliphatic rings. The van der Waals surface area contributed by atoms with Gasteiger partial charge in [-0.05, 0) is 26.0 Å². The molecule has 0 saturated carbocycles. The van der Waals surface area contributed by atoms with E-state index in [4.69, 9.17) is 14.3 Å². The van der Waals surface area contributed by atoms with E-state index >= 15 is 0 Å². The number of rotatable bonds is 7. The average Bonchev–Trinajstić information content (AvgIpc) is 2.81. The molecule has 5 nitrogen and oxygen atoms in total. The van der Waals surface area contributed by atoms with Crippen molar-refractivity contribution < 1.29 is 19.1 Å². The molecule has 1 rings (SSSR count). The fourth-order valence-corrected chi connectivity index (χ4v) is 1.47. The van der Waals surface area contributed by atoms with E-state index in [2.05, 4.69) is 0 Å². The molecule has 1 heterocycles. The van der Waals surface area contributed by atoms with Gasteiger partial charge in [0.1, 0.15) is 0 Å². The van der Waals surface area contributed by atoms with Crippen LogP contribution in [0.3, 0.4) is 0 Å². The van der Waals surface area contributed by atoms with Crippen LogP contribution in [0.15, 0.2) is 22.8 Å². The zero-order valence-electron chi connectivity index (χ0n) is 10.3. The smallest absolute Gasteiger partial charge is 0.289 e. The highest BCUT2D eigenvalue weighted by Gasteiger charge is 2.20. The number of amides is 1. The molecular formula is C12H19NO4. The number of aliphatic hydroxyl groups is 1. The van der Waals surface area contributed by atoms with Crippen LogP contribution in [0.5, 0.6) is 0 Å². The molecule has 0 saturated heterocycles. The van der Waals surface area contributed by atoms with E-state index in [0.717, 1.165) is 0 Å². The van der Waals surface area contributed by atoms with Crippen LogP contribution in [0.1, 0.15) is 24.4 Å². The number of carbonyl (C=O) groups is 1. The van der Waals surface area contributed by atoms with Gasteiger partial charge in [0.05, 0.1) is 26.1 Å². The molecule has 0 atom stereocenters. The maximum absolute atomic E-state index is 12.0. The molecule has 1 aromatic heterocycles. The van der Waals surface area contributed by atoms with Gasteiger partial charge in [0, 0.05) is 12.6 Å². The molecule has 1 amide bonds. The van der Waals surface area contributed by atoms with Crippen molar-refractivity contribution in [1.82, 2.24) is 4.90 Å². The lowest BCUT2D eigenvalue weighted by atomic mass is 10.3. The lowest BCUT2D eigenvalue weighted by Gasteiger charge is -2.25. The minimum Gasteiger partial charge on any atom is -0.459 e. The normalized spacial score (nSPS) is 10.8. The second-order valence-corrected chi connectivity index (χ2v) is 3.91. The van der Waals surface area contributed by atoms with Gasteiger partial charge in [-0.1, -0.05) is 0 Å². The number of nitrogens with zero attached hydrogens (tertiary/aromatic N) is 1. The summed E-state index contributed by atoms with van der Waals surface area (Å²) in [4.78, 5) is 13.7. The maximum Gasteiger partial charge on any atom is 0.289 e. The van der Waals surface area contributed by atoms with Crippen molar-refractivity contribution >= 4 is 5.91 Å². The van der Waals surface area contributed by atoms with Crippen molar-refractivity contribution in [2.75, 3.05) is 26.4 Å². The third kappa shape index (κ3) is 4.20. The van der Waals surface area contributed by atoms with Gasteiger partial charge in [0.15, 0.2) is 5.76 Å². The highest BCUT2D eigenvalue weighted by molar-refractivity contribution is 5.91. The van der Waals surface area contributed by atoms with E-state index < -0.39 is 0 Å². The average molecular weight is 241 g/mol. The van der Waals surface area contributed by atoms with Gasteiger partial charge in [-0.25, -0.2) is 0 Å². The number of furan rings is 1. The van der Waals surface area contributed by atoms with Gasteiger partial charge >= 0.3 is 0 Å². The van der Waals surface area contributed by atoms with Crippen LogP contribution in [0, 0.1) is 0 Å². The van der Waals surface area contributed by atoms with E-state index in [9.17, 15) is 4.79 Å². The monoisotopic (exact) mass is 241 g/mol. The Hall–Kier alpha value is -1.33. The Labute approximate surface area is 101 Å². The van der Waals surface area contributed by atoms with Gasteiger partial charge < -0.3 is 19.2 Å². The van der Waals surface area contributed by atoms with Crippen LogP contribution >= 0.6 is 0 Å². The highest BCUT2D eigenvalue weighted by atomic mass is 16.5. The third-order valence-corrected chi connectivity index (χ3v) is 2.33. The topological polar surface area (TPSA) is 62.9 Å². The quantitative estimate of drug-likeness (QED) is 0.727. The predicted molar refractivity (Wildman–Crippen MR) is 62.8 cm³/mol. The standard InChI is InChI=1S/C12H19NO4/c1-10(2)13(5-8-16-9-6-14)12(15)11-4-3-7-17-11/h3-4,7,10,14H,5-6,8-9H2,1-2H3. The summed E-state index contributed by atoms with van der Waals surface area (Å²) in [5, 5.41) is 8.58. The maximum atomic E-state index is 12.0. The van der Waals surface area contributed by atoms with Crippen molar-refractivity contribution in [2.45, 2.75) is 19.9 Å². The molecule has 0 aromatic carbocycles. The first-order valence-electron chi connectivity index (χ1n) is 5.70. The van der Waals surface area contributed by atoms with Crippen molar-refractivity contribution in [3.63, 3.8) is 0 Å². The largest absolute Gasteiger partial charge is 0.459 e. The molecule has 0 aliphatic heterocycles. The molecule has 0 unspecified atom stereocenters. The Morgan fingerprint density at radius 3 is 2.82 bits per heavy atom. The Morgan fingerprint density at radius 1 is 1.53 bits per heavy atom. The number of hydrogen-bond donors (Lipinski definition) is 1. The molecule has 0 fully saturated rings. The van der Waals surface area contributed by atoms with Crippen LogP contribution < -0.4 is 0 Å². The summed E-state index contributed by atoms with van der Waals surface area (Å²) >= 11 is 0. The molecule has 96 valence electrons. The Balaban J connectivity index is 2.51. The van der Waals surface area contributed by atoms with Gasteiger partial charge in [-0.3, -0.25) is 4.79 Å². The van der Waals surface area contributed by atoms with E-state index in [1.54, 1.807) is 17.0 Å². The first-order chi connectivity index (χ1) is 8.16. The van der Waals surface area contributed by atoms with Crippen LogP contribution in [0.2, 0.25) is 0 Å². The number of hydrogen-bond acceptors (Lipinski definition) is 4. The molecule has 0 spiro atoms. The van der Waals surface area contributed by atoms with Gasteiger partial charge in [0.2, 0.25) is 0 Å². The summed E-state index contributed by atoms with van der Waals surface area (Å²) in [6, 6.07) is 3.41. The number of carbonyl (C=O) groups excluding carboxylic acids is 1. The summed E-state index contributed by atoms with van der Waals surface area (Å²) in [7, 11) is 0. The number of aliphatic hydroxyl groups excluding tert-OH is 1. The molecule has 5 heteroatoms. The van der Waals surface area contributed by atoms with E-state index in [-0.39, 0.29) is 18.6 Å². The summed E-state index contributed by atoms with van der Waals surface area (Å²) in [5.41, 5.74) is 0. The Morgan fingerprint density at radius 2 is 2.29 bits per heavy atom. The van der Waals surface area contributed by atoms with Gasteiger partial charge in [-0.15, -0.1) is 0 Å². The molecule has 1 aromatic rings. The minimum absolute atomic E-state index is 0.00614. The summed E-state index contributed by atoms with van der Waals surface area (Å²) < 4.78 is 10.2. The zero-order chi connectivity index (χ0) is 12.7. The third-order valence-electron chi connectivity index (χ3n) is 2.33. The SMILES string of the molecule is CC(C)N(CCOCCO)C(=O)c1ccco1. The van der Waals surface area contributed by atoms with Crippen molar-refractivity contribution in [1.29, 1.82) is 0 Å². The molecule has 0 bridgehead atoms. The first-order valence-corrected chi connectivity index (χ1v) is 5.70. The summed E-state index contributed by atoms with van der Waals surface area (Å²) in [6.45, 7) is 5.05. The first kappa shape index (κ1) is 13.7. The lowest BCUT2D eigenvalue weighted by molar-refractivity contribution is 0.0484. The van der Waals surface area contributed by atoms with Gasteiger partial charge in [-0.2, -0.15) is 0 Å². The second kappa shape index (κ2) is 7.09. The summed E-state index contributed by atoms with van der Waals surface area (Å²) in [5.74, 6) is 0.193. The van der Waals surface area contributed by atoms with Crippen molar-refractivity contribution in [3.8, 4) is 0 Å². The number of ether oxygens (including phenoxy) is 1. The molecular weight excluding hydrogens is 222 g/mol. The van der Waals surface area contributed by atoms with Crippen LogP contribution in [-0.4, -0.2) is 48.3 Å². The van der Waals surface area contributed by atoms with E-state index in [1.807, 2.05) is 13.8 Å². The highest BCUT2D eigenvalue weighted by Crippen LogP contribution is 2.08. The lowest BCUT2D eigenvalue weighted by Crippen LogP contribution is -2.39. The van der Waals surface area contributed by atoms with E-state index in [0.29, 0.717) is 25.5 Å². The zero-order valence-corrected chi connectivity index (χ0v) is 10.3. The molecule has 0 aliphatic carbocycles. The second-order valence-electron chi connectivity index (χ2n) is 3.91. The van der Waals surface area contributed by atoms with Crippen LogP contribution in [0.25, 0.3) is 0 Å². The minimum atomic E-state index is -0.141. The fourth-order valence-electron chi connectivity index (χ4n) is 1.47. The van der Waals surface area contributed by atoms with E-state index in [1.165, 1.54) is 6.26 Å². The fraction of sp³-hybridized carbons (Fsp3) is 0.583. The van der Waals surface area contributed by atoms with Crippen molar-refractivity contribution in [3.05, 3.63) is 24.2 Å². The molecule has 1 N–H and O–H groups in total. The van der Waals surface area contributed by atoms with Crippen LogP contribution in [0.4, 0.5) is 0 Å². The van der Waals surface area contributed by atoms with Crippen LogP contribution in [-0.2, 0) is 4.74 Å². The molecule has 17 heavy (non-hydrogen) atoms. The van der Waals surface area contributed by atoms with Crippen molar-refractivity contribution in [2.24, 2.45) is 0 Å².